The molecule has 0 fully saturated rings. The molecule has 0 saturated heterocycles. The van der Waals surface area contributed by atoms with E-state index in [9.17, 15) is 0 Å². The molecule has 1 N–H and O–H groups in total. The number of hydrogen-bond donors (Lipinski definition) is 1. The van der Waals surface area contributed by atoms with Gasteiger partial charge in [-0.25, -0.2) is 0 Å². The Bertz CT molecular complexity index is 800. The van der Waals surface area contributed by atoms with Crippen LogP contribution in [0.2, 0.25) is 0 Å². The molecule has 0 aliphatic carbocycles. The smallest absolute Gasteiger partial charge is 0.0240 e. The van der Waals surface area contributed by atoms with E-state index in [0.717, 1.165) is 26.2 Å². The monoisotopic (exact) mass is 316 g/mol. The van der Waals surface area contributed by atoms with Gasteiger partial charge >= 0.3 is 0 Å². The van der Waals surface area contributed by atoms with Crippen LogP contribution in [0.4, 0.5) is 0 Å². The van der Waals surface area contributed by atoms with Crippen molar-refractivity contribution < 1.29 is 0 Å². The molecule has 0 amide bonds. The highest BCUT2D eigenvalue weighted by molar-refractivity contribution is 5.82. The first-order valence-electron chi connectivity index (χ1n) is 8.86. The topological polar surface area (TPSA) is 15.3 Å². The quantitative estimate of drug-likeness (QED) is 0.681. The highest BCUT2D eigenvalue weighted by Crippen LogP contribution is 2.21. The van der Waals surface area contributed by atoms with Gasteiger partial charge in [0.1, 0.15) is 0 Å². The molecule has 4 rings (SSSR count). The summed E-state index contributed by atoms with van der Waals surface area (Å²) in [6, 6.07) is 24.1. The summed E-state index contributed by atoms with van der Waals surface area (Å²) in [6.45, 7) is 5.41. The molecule has 2 nitrogen and oxygen atoms in total. The van der Waals surface area contributed by atoms with E-state index < -0.39 is 0 Å². The van der Waals surface area contributed by atoms with Crippen LogP contribution in [0.15, 0.2) is 66.7 Å². The predicted molar refractivity (Wildman–Crippen MR) is 101 cm³/mol. The summed E-state index contributed by atoms with van der Waals surface area (Å²) in [5.74, 6) is 0. The van der Waals surface area contributed by atoms with Crippen molar-refractivity contribution in [1.29, 1.82) is 0 Å². The van der Waals surface area contributed by atoms with E-state index in [1.807, 2.05) is 0 Å². The lowest BCUT2D eigenvalue weighted by atomic mass is 10.1. The van der Waals surface area contributed by atoms with E-state index in [-0.39, 0.29) is 0 Å². The van der Waals surface area contributed by atoms with Gasteiger partial charge in [0.05, 0.1) is 0 Å². The Morgan fingerprint density at radius 1 is 0.792 bits per heavy atom. The van der Waals surface area contributed by atoms with E-state index in [1.54, 1.807) is 0 Å². The van der Waals surface area contributed by atoms with Crippen molar-refractivity contribution in [3.05, 3.63) is 83.4 Å². The fourth-order valence-electron chi connectivity index (χ4n) is 3.57. The molecule has 1 aliphatic rings. The lowest BCUT2D eigenvalue weighted by Crippen LogP contribution is -2.23. The van der Waals surface area contributed by atoms with Gasteiger partial charge in [0.15, 0.2) is 0 Å². The van der Waals surface area contributed by atoms with Crippen molar-refractivity contribution in [2.24, 2.45) is 0 Å². The summed E-state index contributed by atoms with van der Waals surface area (Å²) in [6.07, 6.45) is 1.20. The van der Waals surface area contributed by atoms with Crippen molar-refractivity contribution in [1.82, 2.24) is 10.2 Å². The minimum Gasteiger partial charge on any atom is -0.313 e. The molecule has 122 valence electrons. The minimum absolute atomic E-state index is 0.949. The average molecular weight is 316 g/mol. The SMILES string of the molecule is c1ccc2c(c1)CN(CCCNCc1ccc3ccccc3c1)C2. The fourth-order valence-corrected chi connectivity index (χ4v) is 3.57. The van der Waals surface area contributed by atoms with Crippen LogP contribution < -0.4 is 5.32 Å². The van der Waals surface area contributed by atoms with Gasteiger partial charge in [-0.15, -0.1) is 0 Å². The zero-order chi connectivity index (χ0) is 16.2. The Morgan fingerprint density at radius 2 is 1.50 bits per heavy atom. The van der Waals surface area contributed by atoms with Gasteiger partial charge in [-0.05, 0) is 46.5 Å². The number of nitrogens with one attached hydrogen (secondary N) is 1. The van der Waals surface area contributed by atoms with Crippen molar-refractivity contribution in [3.63, 3.8) is 0 Å². The van der Waals surface area contributed by atoms with Crippen molar-refractivity contribution in [2.75, 3.05) is 13.1 Å². The molecule has 0 atom stereocenters. The first-order chi connectivity index (χ1) is 11.9. The second-order valence-corrected chi connectivity index (χ2v) is 6.69. The van der Waals surface area contributed by atoms with Gasteiger partial charge in [-0.1, -0.05) is 60.7 Å². The number of rotatable bonds is 6. The Hall–Kier alpha value is -2.16. The van der Waals surface area contributed by atoms with Crippen LogP contribution in [-0.2, 0) is 19.6 Å². The molecule has 0 unspecified atom stereocenters. The third-order valence-corrected chi connectivity index (χ3v) is 4.88. The third-order valence-electron chi connectivity index (χ3n) is 4.88. The molecule has 0 aromatic heterocycles. The molecule has 24 heavy (non-hydrogen) atoms. The summed E-state index contributed by atoms with van der Waals surface area (Å²) < 4.78 is 0. The summed E-state index contributed by atoms with van der Waals surface area (Å²) in [5, 5.41) is 6.23. The second-order valence-electron chi connectivity index (χ2n) is 6.69. The molecule has 3 aromatic rings. The molecular formula is C22H24N2. The van der Waals surface area contributed by atoms with Gasteiger partial charge in [0.25, 0.3) is 0 Å². The van der Waals surface area contributed by atoms with E-state index in [0.29, 0.717) is 0 Å². The zero-order valence-corrected chi connectivity index (χ0v) is 14.0. The number of hydrogen-bond acceptors (Lipinski definition) is 2. The maximum absolute atomic E-state index is 3.58. The maximum Gasteiger partial charge on any atom is 0.0240 e. The predicted octanol–water partition coefficient (Wildman–Crippen LogP) is 4.34. The van der Waals surface area contributed by atoms with Crippen LogP contribution in [0.25, 0.3) is 10.8 Å². The first kappa shape index (κ1) is 15.4. The normalized spacial score (nSPS) is 14.2. The van der Waals surface area contributed by atoms with Crippen LogP contribution in [0.5, 0.6) is 0 Å². The van der Waals surface area contributed by atoms with E-state index in [4.69, 9.17) is 0 Å². The van der Waals surface area contributed by atoms with Crippen LogP contribution in [0, 0.1) is 0 Å². The highest BCUT2D eigenvalue weighted by atomic mass is 15.1. The van der Waals surface area contributed by atoms with Gasteiger partial charge in [-0.2, -0.15) is 0 Å². The van der Waals surface area contributed by atoms with Gasteiger partial charge < -0.3 is 5.32 Å². The average Bonchev–Trinajstić information content (AvgIpc) is 3.04. The Labute approximate surface area is 144 Å². The molecule has 2 heteroatoms. The van der Waals surface area contributed by atoms with Crippen molar-refractivity contribution >= 4 is 10.8 Å². The molecule has 3 aromatic carbocycles. The molecule has 0 bridgehead atoms. The van der Waals surface area contributed by atoms with Crippen molar-refractivity contribution in [2.45, 2.75) is 26.1 Å². The van der Waals surface area contributed by atoms with Gasteiger partial charge in [0.2, 0.25) is 0 Å². The molecule has 1 heterocycles. The summed E-state index contributed by atoms with van der Waals surface area (Å²) >= 11 is 0. The second kappa shape index (κ2) is 7.16. The van der Waals surface area contributed by atoms with E-state index in [1.165, 1.54) is 40.4 Å². The third kappa shape index (κ3) is 3.50. The summed E-state index contributed by atoms with van der Waals surface area (Å²) in [5.41, 5.74) is 4.37. The number of fused-ring (bicyclic) bond motifs is 2. The lowest BCUT2D eigenvalue weighted by Gasteiger charge is -2.14. The van der Waals surface area contributed by atoms with E-state index >= 15 is 0 Å². The highest BCUT2D eigenvalue weighted by Gasteiger charge is 2.16. The molecular weight excluding hydrogens is 292 g/mol. The van der Waals surface area contributed by atoms with Crippen molar-refractivity contribution in [3.8, 4) is 0 Å². The first-order valence-corrected chi connectivity index (χ1v) is 8.86. The summed E-state index contributed by atoms with van der Waals surface area (Å²) in [7, 11) is 0. The standard InChI is InChI=1S/C22H24N2/c1-2-7-20-14-18(10-11-19(20)6-1)15-23-12-5-13-24-16-21-8-3-4-9-22(21)17-24/h1-4,6-11,14,23H,5,12-13,15-17H2. The fraction of sp³-hybridized carbons (Fsp3) is 0.273. The zero-order valence-electron chi connectivity index (χ0n) is 14.0. The van der Waals surface area contributed by atoms with E-state index in [2.05, 4.69) is 76.9 Å². The van der Waals surface area contributed by atoms with Crippen LogP contribution in [-0.4, -0.2) is 18.0 Å². The maximum atomic E-state index is 3.58. The number of nitrogens with zero attached hydrogens (tertiary/aromatic N) is 1. The Morgan fingerprint density at radius 3 is 2.29 bits per heavy atom. The van der Waals surface area contributed by atoms with Gasteiger partial charge in [-0.3, -0.25) is 4.90 Å². The molecule has 0 spiro atoms. The van der Waals surface area contributed by atoms with Crippen LogP contribution >= 0.6 is 0 Å². The van der Waals surface area contributed by atoms with Crippen LogP contribution in [0.1, 0.15) is 23.1 Å². The van der Waals surface area contributed by atoms with Crippen LogP contribution in [0.3, 0.4) is 0 Å². The Kier molecular flexibility index (Phi) is 4.59. The molecule has 0 saturated carbocycles. The summed E-state index contributed by atoms with van der Waals surface area (Å²) in [4.78, 5) is 2.54. The van der Waals surface area contributed by atoms with Gasteiger partial charge in [0, 0.05) is 26.2 Å². The molecule has 0 radical (unpaired) electrons. The number of benzene rings is 3. The Balaban J connectivity index is 1.21. The minimum atomic E-state index is 0.949. The lowest BCUT2D eigenvalue weighted by molar-refractivity contribution is 0.279. The molecule has 1 aliphatic heterocycles. The largest absolute Gasteiger partial charge is 0.313 e.